The van der Waals surface area contributed by atoms with Crippen LogP contribution in [0.15, 0.2) is 29.8 Å². The zero-order chi connectivity index (χ0) is 11.5. The molecule has 1 fully saturated rings. The van der Waals surface area contributed by atoms with Crippen LogP contribution in [-0.4, -0.2) is 19.0 Å². The predicted octanol–water partition coefficient (Wildman–Crippen LogP) is 1.55. The van der Waals surface area contributed by atoms with E-state index in [0.29, 0.717) is 5.57 Å². The average molecular weight is 218 g/mol. The van der Waals surface area contributed by atoms with Gasteiger partial charge in [0.25, 0.3) is 0 Å². The van der Waals surface area contributed by atoms with Crippen LogP contribution in [0.5, 0.6) is 5.75 Å². The first-order chi connectivity index (χ1) is 7.69. The van der Waals surface area contributed by atoms with Crippen LogP contribution in [0.3, 0.4) is 0 Å². The lowest BCUT2D eigenvalue weighted by Crippen LogP contribution is -1.96. The minimum Gasteiger partial charge on any atom is -0.497 e. The molecule has 0 aliphatic carbocycles. The fourth-order valence-electron chi connectivity index (χ4n) is 1.44. The summed E-state index contributed by atoms with van der Waals surface area (Å²) >= 11 is 0. The number of hydrogen-bond donors (Lipinski definition) is 0. The van der Waals surface area contributed by atoms with Crippen LogP contribution in [0.2, 0.25) is 0 Å². The van der Waals surface area contributed by atoms with Gasteiger partial charge in [-0.25, -0.2) is 4.79 Å². The summed E-state index contributed by atoms with van der Waals surface area (Å²) in [4.78, 5) is 22.0. The van der Waals surface area contributed by atoms with Gasteiger partial charge in [0.2, 0.25) is 0 Å². The monoisotopic (exact) mass is 218 g/mol. The average Bonchev–Trinajstić information content (AvgIpc) is 2.59. The molecule has 1 aliphatic rings. The molecule has 0 N–H and O–H groups in total. The van der Waals surface area contributed by atoms with Gasteiger partial charge >= 0.3 is 11.9 Å². The molecule has 0 saturated carbocycles. The van der Waals surface area contributed by atoms with Crippen LogP contribution >= 0.6 is 0 Å². The second-order valence-corrected chi connectivity index (χ2v) is 3.38. The summed E-state index contributed by atoms with van der Waals surface area (Å²) in [5, 5.41) is 0. The van der Waals surface area contributed by atoms with E-state index in [0.717, 1.165) is 11.3 Å². The van der Waals surface area contributed by atoms with E-state index >= 15 is 0 Å². The molecule has 4 heteroatoms. The number of rotatable bonds is 2. The second-order valence-electron chi connectivity index (χ2n) is 3.38. The summed E-state index contributed by atoms with van der Waals surface area (Å²) < 4.78 is 9.43. The molecule has 0 bridgehead atoms. The number of methoxy groups -OCH3 is 1. The molecule has 1 saturated heterocycles. The van der Waals surface area contributed by atoms with Crippen molar-refractivity contribution >= 4 is 18.0 Å². The first kappa shape index (κ1) is 10.4. The molecule has 1 aromatic carbocycles. The predicted molar refractivity (Wildman–Crippen MR) is 56.7 cm³/mol. The Kier molecular flexibility index (Phi) is 2.72. The number of cyclic esters (lactones) is 2. The van der Waals surface area contributed by atoms with Gasteiger partial charge in [0.1, 0.15) is 5.75 Å². The Morgan fingerprint density at radius 1 is 1.25 bits per heavy atom. The highest BCUT2D eigenvalue weighted by Crippen LogP contribution is 2.19. The Labute approximate surface area is 92.5 Å². The van der Waals surface area contributed by atoms with E-state index < -0.39 is 11.9 Å². The van der Waals surface area contributed by atoms with E-state index in [-0.39, 0.29) is 6.42 Å². The summed E-state index contributed by atoms with van der Waals surface area (Å²) in [5.41, 5.74) is 1.22. The van der Waals surface area contributed by atoms with Crippen LogP contribution in [0.25, 0.3) is 6.08 Å². The lowest BCUT2D eigenvalue weighted by atomic mass is 10.1. The Bertz CT molecular complexity index is 456. The smallest absolute Gasteiger partial charge is 0.342 e. The highest BCUT2D eigenvalue weighted by atomic mass is 16.6. The van der Waals surface area contributed by atoms with Crippen molar-refractivity contribution in [3.05, 3.63) is 35.4 Å². The highest BCUT2D eigenvalue weighted by Gasteiger charge is 2.26. The maximum absolute atomic E-state index is 11.2. The Balaban J connectivity index is 2.22. The van der Waals surface area contributed by atoms with Crippen molar-refractivity contribution in [3.8, 4) is 5.75 Å². The molecule has 0 amide bonds. The third kappa shape index (κ3) is 2.11. The number of hydrogen-bond acceptors (Lipinski definition) is 4. The van der Waals surface area contributed by atoms with Gasteiger partial charge < -0.3 is 9.47 Å². The first-order valence-corrected chi connectivity index (χ1v) is 4.78. The molecule has 1 heterocycles. The molecule has 0 unspecified atom stereocenters. The maximum atomic E-state index is 11.2. The summed E-state index contributed by atoms with van der Waals surface area (Å²) in [6.45, 7) is 0. The molecular weight excluding hydrogens is 208 g/mol. The van der Waals surface area contributed by atoms with E-state index in [1.807, 2.05) is 12.1 Å². The highest BCUT2D eigenvalue weighted by molar-refractivity contribution is 6.08. The van der Waals surface area contributed by atoms with Gasteiger partial charge in [-0.2, -0.15) is 0 Å². The van der Waals surface area contributed by atoms with E-state index in [1.54, 1.807) is 25.3 Å². The lowest BCUT2D eigenvalue weighted by Gasteiger charge is -1.99. The van der Waals surface area contributed by atoms with Crippen molar-refractivity contribution in [3.63, 3.8) is 0 Å². The minimum absolute atomic E-state index is 0.0465. The van der Waals surface area contributed by atoms with Crippen molar-refractivity contribution in [1.29, 1.82) is 0 Å². The topological polar surface area (TPSA) is 52.6 Å². The van der Waals surface area contributed by atoms with Gasteiger partial charge in [-0.1, -0.05) is 12.1 Å². The summed E-state index contributed by atoms with van der Waals surface area (Å²) in [7, 11) is 1.58. The molecule has 0 radical (unpaired) electrons. The van der Waals surface area contributed by atoms with Gasteiger partial charge in [0.05, 0.1) is 13.5 Å². The Morgan fingerprint density at radius 3 is 2.44 bits per heavy atom. The fraction of sp³-hybridized carbons (Fsp3) is 0.167. The zero-order valence-corrected chi connectivity index (χ0v) is 8.73. The molecule has 0 spiro atoms. The molecular formula is C12H10O4. The molecule has 16 heavy (non-hydrogen) atoms. The fourth-order valence-corrected chi connectivity index (χ4v) is 1.44. The number of carbonyl (C=O) groups excluding carboxylic acids is 2. The van der Waals surface area contributed by atoms with Crippen LogP contribution in [-0.2, 0) is 14.3 Å². The van der Waals surface area contributed by atoms with Gasteiger partial charge in [-0.15, -0.1) is 0 Å². The molecule has 2 rings (SSSR count). The Hall–Kier alpha value is -2.10. The van der Waals surface area contributed by atoms with Crippen LogP contribution < -0.4 is 4.74 Å². The zero-order valence-electron chi connectivity index (χ0n) is 8.73. The minimum atomic E-state index is -0.555. The van der Waals surface area contributed by atoms with Crippen molar-refractivity contribution in [2.75, 3.05) is 7.11 Å². The van der Waals surface area contributed by atoms with E-state index in [2.05, 4.69) is 4.74 Å². The molecule has 1 aromatic rings. The van der Waals surface area contributed by atoms with Crippen molar-refractivity contribution in [2.45, 2.75) is 6.42 Å². The molecule has 0 atom stereocenters. The summed E-state index contributed by atoms with van der Waals surface area (Å²) in [5.74, 6) is -0.308. The summed E-state index contributed by atoms with van der Waals surface area (Å²) in [6, 6.07) is 7.19. The third-order valence-electron chi connectivity index (χ3n) is 2.26. The standard InChI is InChI=1S/C12H10O4/c1-15-10-4-2-8(3-5-10)6-9-7-11(13)16-12(9)14/h2-6H,7H2,1H3. The number of benzene rings is 1. The largest absolute Gasteiger partial charge is 0.497 e. The molecule has 4 nitrogen and oxygen atoms in total. The Morgan fingerprint density at radius 2 is 1.94 bits per heavy atom. The molecule has 1 aliphatic heterocycles. The van der Waals surface area contributed by atoms with E-state index in [4.69, 9.17) is 4.74 Å². The van der Waals surface area contributed by atoms with Gasteiger partial charge in [-0.3, -0.25) is 4.79 Å². The van der Waals surface area contributed by atoms with Crippen molar-refractivity contribution in [2.24, 2.45) is 0 Å². The molecule has 0 aromatic heterocycles. The second kappa shape index (κ2) is 4.18. The van der Waals surface area contributed by atoms with Gasteiger partial charge in [0.15, 0.2) is 0 Å². The summed E-state index contributed by atoms with van der Waals surface area (Å²) in [6.07, 6.45) is 1.69. The maximum Gasteiger partial charge on any atom is 0.342 e. The SMILES string of the molecule is COc1ccc(C=C2CC(=O)OC2=O)cc1. The third-order valence-corrected chi connectivity index (χ3v) is 2.26. The number of carbonyl (C=O) groups is 2. The number of ether oxygens (including phenoxy) is 2. The number of esters is 2. The quantitative estimate of drug-likeness (QED) is 0.429. The van der Waals surface area contributed by atoms with Gasteiger partial charge in [-0.05, 0) is 23.8 Å². The van der Waals surface area contributed by atoms with E-state index in [1.165, 1.54) is 0 Å². The van der Waals surface area contributed by atoms with Crippen molar-refractivity contribution < 1.29 is 19.1 Å². The van der Waals surface area contributed by atoms with Crippen LogP contribution in [0.1, 0.15) is 12.0 Å². The van der Waals surface area contributed by atoms with Crippen LogP contribution in [0.4, 0.5) is 0 Å². The van der Waals surface area contributed by atoms with Crippen molar-refractivity contribution in [1.82, 2.24) is 0 Å². The van der Waals surface area contributed by atoms with E-state index in [9.17, 15) is 9.59 Å². The van der Waals surface area contributed by atoms with Gasteiger partial charge in [0, 0.05) is 5.57 Å². The lowest BCUT2D eigenvalue weighted by molar-refractivity contribution is -0.151. The normalized spacial score (nSPS) is 17.7. The first-order valence-electron chi connectivity index (χ1n) is 4.78. The molecule has 82 valence electrons. The van der Waals surface area contributed by atoms with Crippen LogP contribution in [0, 0.1) is 0 Å².